The van der Waals surface area contributed by atoms with Gasteiger partial charge in [-0.25, -0.2) is 0 Å². The Morgan fingerprint density at radius 3 is 2.27 bits per heavy atom. The maximum atomic E-state index is 5.67. The first-order valence-corrected chi connectivity index (χ1v) is 5.82. The minimum absolute atomic E-state index is 0.286. The summed E-state index contributed by atoms with van der Waals surface area (Å²) < 4.78 is 0. The van der Waals surface area contributed by atoms with Crippen LogP contribution in [0.5, 0.6) is 0 Å². The zero-order valence-electron chi connectivity index (χ0n) is 9.42. The molecule has 2 rings (SSSR count). The van der Waals surface area contributed by atoms with E-state index >= 15 is 0 Å². The maximum Gasteiger partial charge on any atom is 0.0345 e. The average Bonchev–Trinajstić information content (AvgIpc) is 2.22. The topological polar surface area (TPSA) is 38.0 Å². The molecule has 0 saturated heterocycles. The second-order valence-electron chi connectivity index (χ2n) is 4.87. The molecule has 1 fully saturated rings. The molecule has 0 heterocycles. The zero-order chi connectivity index (χ0) is 10.7. The van der Waals surface area contributed by atoms with E-state index in [9.17, 15) is 0 Å². The predicted octanol–water partition coefficient (Wildman–Crippen LogP) is 3.40. The summed E-state index contributed by atoms with van der Waals surface area (Å²) in [7, 11) is 0. The molecular formula is C13H20N2. The Balaban J connectivity index is 2.03. The zero-order valence-corrected chi connectivity index (χ0v) is 9.42. The van der Waals surface area contributed by atoms with Gasteiger partial charge in [-0.1, -0.05) is 19.3 Å². The molecule has 15 heavy (non-hydrogen) atoms. The van der Waals surface area contributed by atoms with Gasteiger partial charge in [0, 0.05) is 16.9 Å². The fourth-order valence-corrected chi connectivity index (χ4v) is 2.37. The van der Waals surface area contributed by atoms with Gasteiger partial charge in [0.25, 0.3) is 0 Å². The number of anilines is 2. The second-order valence-corrected chi connectivity index (χ2v) is 4.87. The van der Waals surface area contributed by atoms with Crippen LogP contribution in [0.3, 0.4) is 0 Å². The standard InChI is InChI=1S/C13H20N2/c1-13(9-3-2-4-10-13)15-12-7-5-11(14)6-8-12/h5-8,15H,2-4,9-10,14H2,1H3. The van der Waals surface area contributed by atoms with Crippen molar-refractivity contribution in [2.75, 3.05) is 11.1 Å². The van der Waals surface area contributed by atoms with Crippen molar-refractivity contribution in [1.29, 1.82) is 0 Å². The van der Waals surface area contributed by atoms with Gasteiger partial charge in [-0.2, -0.15) is 0 Å². The first-order valence-electron chi connectivity index (χ1n) is 5.82. The summed E-state index contributed by atoms with van der Waals surface area (Å²) in [6, 6.07) is 8.04. The van der Waals surface area contributed by atoms with Gasteiger partial charge in [0.2, 0.25) is 0 Å². The van der Waals surface area contributed by atoms with E-state index in [4.69, 9.17) is 5.73 Å². The highest BCUT2D eigenvalue weighted by atomic mass is 15.0. The monoisotopic (exact) mass is 204 g/mol. The van der Waals surface area contributed by atoms with Crippen molar-refractivity contribution in [3.8, 4) is 0 Å². The lowest BCUT2D eigenvalue weighted by molar-refractivity contribution is 0.349. The fraction of sp³-hybridized carbons (Fsp3) is 0.538. The van der Waals surface area contributed by atoms with Gasteiger partial charge >= 0.3 is 0 Å². The van der Waals surface area contributed by atoms with Crippen LogP contribution in [0.4, 0.5) is 11.4 Å². The van der Waals surface area contributed by atoms with Crippen molar-refractivity contribution >= 4 is 11.4 Å². The van der Waals surface area contributed by atoms with Crippen molar-refractivity contribution in [3.05, 3.63) is 24.3 Å². The van der Waals surface area contributed by atoms with Gasteiger partial charge in [-0.3, -0.25) is 0 Å². The molecule has 82 valence electrons. The largest absolute Gasteiger partial charge is 0.399 e. The van der Waals surface area contributed by atoms with Gasteiger partial charge in [-0.15, -0.1) is 0 Å². The third-order valence-corrected chi connectivity index (χ3v) is 3.31. The van der Waals surface area contributed by atoms with Crippen LogP contribution in [0.1, 0.15) is 39.0 Å². The number of hydrogen-bond acceptors (Lipinski definition) is 2. The lowest BCUT2D eigenvalue weighted by atomic mass is 9.83. The molecule has 1 aromatic rings. The Kier molecular flexibility index (Phi) is 2.85. The summed E-state index contributed by atoms with van der Waals surface area (Å²) in [4.78, 5) is 0. The van der Waals surface area contributed by atoms with E-state index in [1.807, 2.05) is 12.1 Å². The van der Waals surface area contributed by atoms with E-state index in [2.05, 4.69) is 24.4 Å². The van der Waals surface area contributed by atoms with Crippen LogP contribution < -0.4 is 11.1 Å². The number of hydrogen-bond donors (Lipinski definition) is 2. The van der Waals surface area contributed by atoms with Crippen molar-refractivity contribution in [2.24, 2.45) is 0 Å². The third-order valence-electron chi connectivity index (χ3n) is 3.31. The predicted molar refractivity (Wildman–Crippen MR) is 66.0 cm³/mol. The number of benzene rings is 1. The maximum absolute atomic E-state index is 5.67. The highest BCUT2D eigenvalue weighted by Crippen LogP contribution is 2.31. The number of nitrogens with one attached hydrogen (secondary N) is 1. The molecule has 0 aromatic heterocycles. The third kappa shape index (κ3) is 2.65. The number of nitrogen functional groups attached to an aromatic ring is 1. The smallest absolute Gasteiger partial charge is 0.0345 e. The summed E-state index contributed by atoms with van der Waals surface area (Å²) >= 11 is 0. The molecule has 2 heteroatoms. The molecular weight excluding hydrogens is 184 g/mol. The van der Waals surface area contributed by atoms with Crippen LogP contribution in [0.2, 0.25) is 0 Å². The molecule has 0 aliphatic heterocycles. The molecule has 0 spiro atoms. The van der Waals surface area contributed by atoms with E-state index in [1.165, 1.54) is 37.8 Å². The second kappa shape index (κ2) is 4.13. The number of rotatable bonds is 2. The van der Waals surface area contributed by atoms with Crippen LogP contribution in [-0.2, 0) is 0 Å². The Bertz CT molecular complexity index is 310. The Labute approximate surface area is 91.9 Å². The normalized spacial score (nSPS) is 19.8. The van der Waals surface area contributed by atoms with E-state index in [0.29, 0.717) is 0 Å². The van der Waals surface area contributed by atoms with Crippen LogP contribution in [-0.4, -0.2) is 5.54 Å². The highest BCUT2D eigenvalue weighted by Gasteiger charge is 2.25. The van der Waals surface area contributed by atoms with Gasteiger partial charge in [0.05, 0.1) is 0 Å². The van der Waals surface area contributed by atoms with Gasteiger partial charge in [0.1, 0.15) is 0 Å². The lowest BCUT2D eigenvalue weighted by Gasteiger charge is -2.35. The molecule has 1 aliphatic rings. The Hall–Kier alpha value is -1.18. The van der Waals surface area contributed by atoms with E-state index < -0.39 is 0 Å². The molecule has 0 unspecified atom stereocenters. The SMILES string of the molecule is CC1(Nc2ccc(N)cc2)CCCCC1. The summed E-state index contributed by atoms with van der Waals surface area (Å²) in [5, 5.41) is 3.63. The highest BCUT2D eigenvalue weighted by molar-refractivity contribution is 5.52. The minimum Gasteiger partial charge on any atom is -0.399 e. The lowest BCUT2D eigenvalue weighted by Crippen LogP contribution is -2.36. The summed E-state index contributed by atoms with van der Waals surface area (Å²) in [5.74, 6) is 0. The molecule has 0 amide bonds. The summed E-state index contributed by atoms with van der Waals surface area (Å²) in [6.07, 6.45) is 6.63. The van der Waals surface area contributed by atoms with Crippen LogP contribution in [0.25, 0.3) is 0 Å². The van der Waals surface area contributed by atoms with Gasteiger partial charge < -0.3 is 11.1 Å². The minimum atomic E-state index is 0.286. The molecule has 0 atom stereocenters. The molecule has 2 nitrogen and oxygen atoms in total. The summed E-state index contributed by atoms with van der Waals surface area (Å²) in [5.41, 5.74) is 7.97. The number of nitrogens with two attached hydrogens (primary N) is 1. The van der Waals surface area contributed by atoms with Crippen LogP contribution in [0, 0.1) is 0 Å². The molecule has 1 aliphatic carbocycles. The van der Waals surface area contributed by atoms with Gasteiger partial charge in [-0.05, 0) is 44.0 Å². The Morgan fingerprint density at radius 2 is 1.67 bits per heavy atom. The first kappa shape index (κ1) is 10.3. The van der Waals surface area contributed by atoms with E-state index in [1.54, 1.807) is 0 Å². The molecule has 1 saturated carbocycles. The summed E-state index contributed by atoms with van der Waals surface area (Å²) in [6.45, 7) is 2.32. The van der Waals surface area contributed by atoms with Crippen molar-refractivity contribution < 1.29 is 0 Å². The van der Waals surface area contributed by atoms with E-state index in [-0.39, 0.29) is 5.54 Å². The van der Waals surface area contributed by atoms with Crippen molar-refractivity contribution in [2.45, 2.75) is 44.6 Å². The Morgan fingerprint density at radius 1 is 1.07 bits per heavy atom. The fourth-order valence-electron chi connectivity index (χ4n) is 2.37. The van der Waals surface area contributed by atoms with Crippen LogP contribution in [0.15, 0.2) is 24.3 Å². The first-order chi connectivity index (χ1) is 7.18. The van der Waals surface area contributed by atoms with E-state index in [0.717, 1.165) is 5.69 Å². The molecule has 1 aromatic carbocycles. The van der Waals surface area contributed by atoms with Crippen molar-refractivity contribution in [3.63, 3.8) is 0 Å². The molecule has 0 radical (unpaired) electrons. The van der Waals surface area contributed by atoms with Crippen LogP contribution >= 0.6 is 0 Å². The quantitative estimate of drug-likeness (QED) is 0.724. The van der Waals surface area contributed by atoms with Crippen molar-refractivity contribution in [1.82, 2.24) is 0 Å². The molecule has 0 bridgehead atoms. The molecule has 3 N–H and O–H groups in total. The average molecular weight is 204 g/mol. The van der Waals surface area contributed by atoms with Gasteiger partial charge in [0.15, 0.2) is 0 Å².